The lowest BCUT2D eigenvalue weighted by molar-refractivity contribution is 0.381. The average molecular weight is 519 g/mol. The molecule has 0 amide bonds. The van der Waals surface area contributed by atoms with Gasteiger partial charge in [0.1, 0.15) is 11.6 Å². The quantitative estimate of drug-likeness (QED) is 0.271. The summed E-state index contributed by atoms with van der Waals surface area (Å²) in [5.74, 6) is -0.784. The van der Waals surface area contributed by atoms with Crippen LogP contribution in [0, 0.1) is 37.3 Å². The molecule has 0 aliphatic carbocycles. The fourth-order valence-electron chi connectivity index (χ4n) is 5.40. The molecule has 0 aromatic heterocycles. The van der Waals surface area contributed by atoms with Crippen molar-refractivity contribution >= 4 is 11.9 Å². The van der Waals surface area contributed by atoms with E-state index in [2.05, 4.69) is 29.6 Å². The lowest BCUT2D eigenvalue weighted by Gasteiger charge is -2.28. The molecule has 2 aromatic rings. The molecule has 38 heavy (non-hydrogen) atoms. The number of aliphatic imine (C=N–C) groups is 2. The second-order valence-corrected chi connectivity index (χ2v) is 10.1. The second kappa shape index (κ2) is 12.8. The fourth-order valence-corrected chi connectivity index (χ4v) is 5.40. The summed E-state index contributed by atoms with van der Waals surface area (Å²) < 4.78 is 30.1. The maximum atomic E-state index is 15.6. The lowest BCUT2D eigenvalue weighted by Crippen LogP contribution is -2.35. The van der Waals surface area contributed by atoms with Gasteiger partial charge < -0.3 is 10.6 Å². The van der Waals surface area contributed by atoms with Crippen molar-refractivity contribution in [3.8, 4) is 0 Å². The minimum Gasteiger partial charge on any atom is -0.402 e. The minimum atomic E-state index is -0.454. The number of halogens is 2. The molecule has 0 saturated carbocycles. The highest BCUT2D eigenvalue weighted by Gasteiger charge is 2.33. The van der Waals surface area contributed by atoms with E-state index in [4.69, 9.17) is 10.7 Å². The third kappa shape index (κ3) is 6.47. The molecular formula is C32H40F2N4. The molecule has 4 nitrogen and oxygen atoms in total. The number of aryl methyl sites for hydroxylation is 1. The molecule has 1 heterocycles. The standard InChI is InChI=1S/C32H40F2N4/c1-8-21(4)38-15-14-25(19-38)18-30(37-9-2)31(23(6)35)32(36-7)26-12-11-24(17-29(26)34)16-27-22(5)20(3)10-13-28(27)33/h8-13,17,25,30-31H,1,4,6,14-16,18-19,35H2,2-3,5,7H3. The molecule has 3 unspecified atom stereocenters. The van der Waals surface area contributed by atoms with Gasteiger partial charge in [-0.3, -0.25) is 9.98 Å². The van der Waals surface area contributed by atoms with Gasteiger partial charge in [-0.15, -0.1) is 0 Å². The van der Waals surface area contributed by atoms with E-state index < -0.39 is 11.7 Å². The second-order valence-electron chi connectivity index (χ2n) is 10.1. The van der Waals surface area contributed by atoms with Crippen LogP contribution in [0.1, 0.15) is 47.6 Å². The number of benzene rings is 2. The Morgan fingerprint density at radius 1 is 1.18 bits per heavy atom. The molecule has 1 fully saturated rings. The van der Waals surface area contributed by atoms with E-state index in [9.17, 15) is 4.39 Å². The first-order chi connectivity index (χ1) is 18.1. The first-order valence-electron chi connectivity index (χ1n) is 13.1. The van der Waals surface area contributed by atoms with Gasteiger partial charge in [0.15, 0.2) is 0 Å². The normalized spacial score (nSPS) is 17.6. The number of hydrogen-bond acceptors (Lipinski definition) is 4. The van der Waals surface area contributed by atoms with E-state index in [0.29, 0.717) is 40.4 Å². The summed E-state index contributed by atoms with van der Waals surface area (Å²) in [6.45, 7) is 19.4. The summed E-state index contributed by atoms with van der Waals surface area (Å²) in [7, 11) is 1.64. The summed E-state index contributed by atoms with van der Waals surface area (Å²) in [6.07, 6.45) is 5.61. The molecule has 1 aliphatic heterocycles. The largest absolute Gasteiger partial charge is 0.402 e. The Labute approximate surface area is 226 Å². The number of hydrogen-bond donors (Lipinski definition) is 1. The van der Waals surface area contributed by atoms with Crippen LogP contribution < -0.4 is 5.73 Å². The Hall–Kier alpha value is -3.54. The van der Waals surface area contributed by atoms with Crippen LogP contribution in [0.15, 0.2) is 77.5 Å². The van der Waals surface area contributed by atoms with Gasteiger partial charge in [-0.1, -0.05) is 31.9 Å². The van der Waals surface area contributed by atoms with Crippen molar-refractivity contribution in [1.82, 2.24) is 4.90 Å². The first-order valence-corrected chi connectivity index (χ1v) is 13.1. The van der Waals surface area contributed by atoms with Crippen molar-refractivity contribution in [3.05, 3.63) is 107 Å². The van der Waals surface area contributed by atoms with E-state index in [1.54, 1.807) is 31.5 Å². The molecule has 6 heteroatoms. The van der Waals surface area contributed by atoms with Crippen LogP contribution in [0.4, 0.5) is 8.78 Å². The van der Waals surface area contributed by atoms with Gasteiger partial charge in [0.05, 0.1) is 17.7 Å². The van der Waals surface area contributed by atoms with Gasteiger partial charge in [-0.25, -0.2) is 8.78 Å². The molecular weight excluding hydrogens is 478 g/mol. The van der Waals surface area contributed by atoms with Crippen molar-refractivity contribution in [1.29, 1.82) is 0 Å². The molecule has 1 saturated heterocycles. The smallest absolute Gasteiger partial charge is 0.132 e. The maximum absolute atomic E-state index is 15.6. The van der Waals surface area contributed by atoms with Crippen molar-refractivity contribution in [2.75, 3.05) is 20.1 Å². The summed E-state index contributed by atoms with van der Waals surface area (Å²) in [6, 6.07) is 7.99. The zero-order chi connectivity index (χ0) is 28.0. The topological polar surface area (TPSA) is 54.0 Å². The number of allylic oxidation sites excluding steroid dienone is 1. The molecule has 0 spiro atoms. The van der Waals surface area contributed by atoms with Crippen molar-refractivity contribution < 1.29 is 8.78 Å². The zero-order valence-corrected chi connectivity index (χ0v) is 23.1. The Morgan fingerprint density at radius 3 is 2.53 bits per heavy atom. The Kier molecular flexibility index (Phi) is 9.78. The SMILES string of the molecule is C=CC(=C)N1CCC(CC(N=CC)C(C(=C)N)C(=NC)c2ccc(Cc3c(F)ccc(C)c3C)cc2F)C1. The lowest BCUT2D eigenvalue weighted by atomic mass is 9.82. The summed E-state index contributed by atoms with van der Waals surface area (Å²) >= 11 is 0. The highest BCUT2D eigenvalue weighted by atomic mass is 19.1. The summed E-state index contributed by atoms with van der Waals surface area (Å²) in [4.78, 5) is 11.5. The average Bonchev–Trinajstić information content (AvgIpc) is 3.35. The third-order valence-electron chi connectivity index (χ3n) is 7.67. The predicted octanol–water partition coefficient (Wildman–Crippen LogP) is 6.55. The Balaban J connectivity index is 1.89. The molecule has 3 atom stereocenters. The molecule has 3 rings (SSSR count). The number of likely N-dealkylation sites (tertiary alicyclic amines) is 1. The van der Waals surface area contributed by atoms with E-state index in [0.717, 1.165) is 42.8 Å². The van der Waals surface area contributed by atoms with Crippen molar-refractivity contribution in [2.24, 2.45) is 27.6 Å². The van der Waals surface area contributed by atoms with Gasteiger partial charge >= 0.3 is 0 Å². The van der Waals surface area contributed by atoms with E-state index >= 15 is 4.39 Å². The highest BCUT2D eigenvalue weighted by Crippen LogP contribution is 2.31. The maximum Gasteiger partial charge on any atom is 0.132 e. The van der Waals surface area contributed by atoms with Crippen LogP contribution in [0.25, 0.3) is 0 Å². The molecule has 0 bridgehead atoms. The highest BCUT2D eigenvalue weighted by molar-refractivity contribution is 6.04. The van der Waals surface area contributed by atoms with Crippen molar-refractivity contribution in [3.63, 3.8) is 0 Å². The van der Waals surface area contributed by atoms with Crippen LogP contribution in [0.5, 0.6) is 0 Å². The number of rotatable bonds is 11. The predicted molar refractivity (Wildman–Crippen MR) is 156 cm³/mol. The summed E-state index contributed by atoms with van der Waals surface area (Å²) in [5, 5.41) is 0. The van der Waals surface area contributed by atoms with Gasteiger partial charge in [0, 0.05) is 43.5 Å². The van der Waals surface area contributed by atoms with Gasteiger partial charge in [-0.2, -0.15) is 0 Å². The summed E-state index contributed by atoms with van der Waals surface area (Å²) in [5.41, 5.74) is 11.7. The third-order valence-corrected chi connectivity index (χ3v) is 7.67. The van der Waals surface area contributed by atoms with Crippen LogP contribution in [-0.2, 0) is 6.42 Å². The monoisotopic (exact) mass is 518 g/mol. The van der Waals surface area contributed by atoms with E-state index in [-0.39, 0.29) is 11.9 Å². The van der Waals surface area contributed by atoms with Gasteiger partial charge in [-0.05, 0) is 92.3 Å². The van der Waals surface area contributed by atoms with Crippen LogP contribution in [-0.4, -0.2) is 43.0 Å². The molecule has 2 N–H and O–H groups in total. The number of nitrogens with two attached hydrogens (primary N) is 1. The Morgan fingerprint density at radius 2 is 1.92 bits per heavy atom. The molecule has 0 radical (unpaired) electrons. The molecule has 202 valence electrons. The fraction of sp³-hybridized carbons (Fsp3) is 0.375. The zero-order valence-electron chi connectivity index (χ0n) is 23.1. The van der Waals surface area contributed by atoms with Gasteiger partial charge in [0.2, 0.25) is 0 Å². The molecule has 2 aromatic carbocycles. The molecule has 1 aliphatic rings. The van der Waals surface area contributed by atoms with Gasteiger partial charge in [0.25, 0.3) is 0 Å². The van der Waals surface area contributed by atoms with E-state index in [1.807, 2.05) is 26.8 Å². The van der Waals surface area contributed by atoms with Crippen LogP contribution >= 0.6 is 0 Å². The minimum absolute atomic E-state index is 0.235. The van der Waals surface area contributed by atoms with Crippen LogP contribution in [0.2, 0.25) is 0 Å². The first kappa shape index (κ1) is 29.0. The Bertz CT molecular complexity index is 1260. The van der Waals surface area contributed by atoms with Crippen LogP contribution in [0.3, 0.4) is 0 Å². The van der Waals surface area contributed by atoms with E-state index in [1.165, 1.54) is 12.1 Å². The number of nitrogens with zero attached hydrogens (tertiary/aromatic N) is 3. The van der Waals surface area contributed by atoms with Crippen molar-refractivity contribution in [2.45, 2.75) is 46.1 Å².